The number of methoxy groups -OCH3 is 1. The Balaban J connectivity index is 2.64. The van der Waals surface area contributed by atoms with Crippen molar-refractivity contribution in [2.75, 3.05) is 46.9 Å². The van der Waals surface area contributed by atoms with Crippen LogP contribution in [0.25, 0.3) is 0 Å². The largest absolute Gasteiger partial charge is 0.385 e. The molecule has 0 amide bonds. The van der Waals surface area contributed by atoms with Crippen molar-refractivity contribution >= 4 is 5.96 Å². The van der Waals surface area contributed by atoms with Crippen LogP contribution in [0.2, 0.25) is 0 Å². The maximum absolute atomic E-state index is 5.65. The second-order valence-electron chi connectivity index (χ2n) is 5.07. The third-order valence-corrected chi connectivity index (χ3v) is 3.54. The summed E-state index contributed by atoms with van der Waals surface area (Å²) in [5.41, 5.74) is 2.77. The molecule has 1 heterocycles. The van der Waals surface area contributed by atoms with Crippen LogP contribution in [0.15, 0.2) is 4.99 Å². The molecule has 3 N–H and O–H groups in total. The molecule has 0 saturated carbocycles. The molecule has 0 aromatic rings. The van der Waals surface area contributed by atoms with Gasteiger partial charge in [-0.1, -0.05) is 6.92 Å². The van der Waals surface area contributed by atoms with Crippen molar-refractivity contribution in [2.45, 2.75) is 32.2 Å². The van der Waals surface area contributed by atoms with Gasteiger partial charge in [0, 0.05) is 39.4 Å². The lowest BCUT2D eigenvalue weighted by Gasteiger charge is -2.32. The van der Waals surface area contributed by atoms with Gasteiger partial charge in [-0.3, -0.25) is 10.4 Å². The molecule has 19 heavy (non-hydrogen) atoms. The minimum absolute atomic E-state index is 0.477. The average molecular weight is 271 g/mol. The smallest absolute Gasteiger partial charge is 0.208 e. The normalized spacial score (nSPS) is 22.4. The second-order valence-corrected chi connectivity index (χ2v) is 5.07. The number of ether oxygens (including phenoxy) is 1. The van der Waals surface area contributed by atoms with Gasteiger partial charge >= 0.3 is 0 Å². The van der Waals surface area contributed by atoms with Gasteiger partial charge < -0.3 is 14.5 Å². The summed E-state index contributed by atoms with van der Waals surface area (Å²) in [6.07, 6.45) is 3.17. The number of aliphatic imine (C=N–C) groups is 1. The molecular formula is C13H29N5O. The predicted octanol–water partition coefficient (Wildman–Crippen LogP) is 0.258. The van der Waals surface area contributed by atoms with Crippen LogP contribution in [-0.4, -0.2) is 68.7 Å². The van der Waals surface area contributed by atoms with Crippen LogP contribution < -0.4 is 11.3 Å². The minimum atomic E-state index is 0.477. The highest BCUT2D eigenvalue weighted by Crippen LogP contribution is 2.12. The maximum atomic E-state index is 5.65. The molecule has 1 atom stereocenters. The molecule has 6 heteroatoms. The highest BCUT2D eigenvalue weighted by molar-refractivity contribution is 5.79. The first-order valence-corrected chi connectivity index (χ1v) is 7.18. The Kier molecular flexibility index (Phi) is 7.78. The van der Waals surface area contributed by atoms with Crippen LogP contribution in [0.3, 0.4) is 0 Å². The first kappa shape index (κ1) is 16.2. The molecule has 0 bridgehead atoms. The highest BCUT2D eigenvalue weighted by atomic mass is 16.5. The quantitative estimate of drug-likeness (QED) is 0.247. The molecule has 0 radical (unpaired) electrons. The summed E-state index contributed by atoms with van der Waals surface area (Å²) < 4.78 is 5.04. The molecule has 1 aliphatic rings. The summed E-state index contributed by atoms with van der Waals surface area (Å²) in [4.78, 5) is 9.27. The molecule has 1 aliphatic heterocycles. The Morgan fingerprint density at radius 2 is 2.26 bits per heavy atom. The van der Waals surface area contributed by atoms with Gasteiger partial charge in [-0.15, -0.1) is 0 Å². The Hall–Kier alpha value is -0.850. The van der Waals surface area contributed by atoms with Crippen LogP contribution in [0.5, 0.6) is 0 Å². The van der Waals surface area contributed by atoms with Crippen molar-refractivity contribution in [2.24, 2.45) is 10.8 Å². The van der Waals surface area contributed by atoms with Crippen LogP contribution in [0.4, 0.5) is 0 Å². The molecule has 0 aliphatic carbocycles. The van der Waals surface area contributed by atoms with E-state index in [1.165, 1.54) is 0 Å². The monoisotopic (exact) mass is 271 g/mol. The molecule has 1 fully saturated rings. The van der Waals surface area contributed by atoms with E-state index in [1.54, 1.807) is 7.11 Å². The Morgan fingerprint density at radius 1 is 1.47 bits per heavy atom. The van der Waals surface area contributed by atoms with Crippen molar-refractivity contribution in [3.63, 3.8) is 0 Å². The van der Waals surface area contributed by atoms with Crippen molar-refractivity contribution in [3.8, 4) is 0 Å². The van der Waals surface area contributed by atoms with Gasteiger partial charge in [0.25, 0.3) is 0 Å². The van der Waals surface area contributed by atoms with E-state index in [1.807, 2.05) is 0 Å². The molecule has 1 saturated heterocycles. The van der Waals surface area contributed by atoms with Gasteiger partial charge in [-0.2, -0.15) is 0 Å². The van der Waals surface area contributed by atoms with Crippen molar-refractivity contribution in [3.05, 3.63) is 0 Å². The van der Waals surface area contributed by atoms with E-state index in [2.05, 4.69) is 34.2 Å². The topological polar surface area (TPSA) is 66.1 Å². The van der Waals surface area contributed by atoms with Gasteiger partial charge in [0.1, 0.15) is 0 Å². The van der Waals surface area contributed by atoms with Crippen LogP contribution >= 0.6 is 0 Å². The van der Waals surface area contributed by atoms with E-state index in [0.29, 0.717) is 6.04 Å². The number of hydrogen-bond acceptors (Lipinski definition) is 4. The number of nitrogens with one attached hydrogen (secondary N) is 1. The third-order valence-electron chi connectivity index (χ3n) is 3.54. The summed E-state index contributed by atoms with van der Waals surface area (Å²) in [5, 5.41) is 0. The fourth-order valence-electron chi connectivity index (χ4n) is 2.48. The summed E-state index contributed by atoms with van der Waals surface area (Å²) >= 11 is 0. The van der Waals surface area contributed by atoms with Crippen LogP contribution in [0, 0.1) is 0 Å². The number of likely N-dealkylation sites (N-methyl/N-ethyl adjacent to an activating group) is 1. The lowest BCUT2D eigenvalue weighted by molar-refractivity contribution is 0.196. The van der Waals surface area contributed by atoms with E-state index < -0.39 is 0 Å². The van der Waals surface area contributed by atoms with Gasteiger partial charge in [0.15, 0.2) is 0 Å². The summed E-state index contributed by atoms with van der Waals surface area (Å²) in [7, 11) is 3.89. The third kappa shape index (κ3) is 5.34. The zero-order chi connectivity index (χ0) is 14.1. The number of nitrogens with two attached hydrogens (primary N) is 1. The number of hydrogen-bond donors (Lipinski definition) is 2. The minimum Gasteiger partial charge on any atom is -0.385 e. The van der Waals surface area contributed by atoms with Gasteiger partial charge in [-0.05, 0) is 32.9 Å². The Labute approximate surface area is 117 Å². The predicted molar refractivity (Wildman–Crippen MR) is 79.0 cm³/mol. The van der Waals surface area contributed by atoms with Gasteiger partial charge in [-0.25, -0.2) is 5.84 Å². The van der Waals surface area contributed by atoms with Gasteiger partial charge in [0.2, 0.25) is 5.96 Å². The fraction of sp³-hybridized carbons (Fsp3) is 0.923. The lowest BCUT2D eigenvalue weighted by Crippen LogP contribution is -2.51. The first-order valence-electron chi connectivity index (χ1n) is 7.18. The van der Waals surface area contributed by atoms with Crippen molar-refractivity contribution in [1.29, 1.82) is 0 Å². The molecular weight excluding hydrogens is 242 g/mol. The molecule has 6 nitrogen and oxygen atoms in total. The molecule has 1 rings (SSSR count). The molecule has 0 aromatic carbocycles. The van der Waals surface area contributed by atoms with Gasteiger partial charge in [0.05, 0.1) is 0 Å². The van der Waals surface area contributed by atoms with Crippen LogP contribution in [-0.2, 0) is 4.74 Å². The standard InChI is InChI=1S/C13H29N5O/c1-4-12-11-17(2)8-6-9-18(12)13(16-14)15-7-5-10-19-3/h12H,4-11,14H2,1-3H3,(H,15,16). The van der Waals surface area contributed by atoms with E-state index in [9.17, 15) is 0 Å². The molecule has 0 spiro atoms. The SMILES string of the molecule is CCC1CN(C)CCCN1C(=NCCCOC)NN. The van der Waals surface area contributed by atoms with E-state index in [4.69, 9.17) is 10.6 Å². The van der Waals surface area contributed by atoms with Crippen molar-refractivity contribution in [1.82, 2.24) is 15.2 Å². The Bertz CT molecular complexity index is 272. The number of nitrogens with zero attached hydrogens (tertiary/aromatic N) is 3. The number of hydrazine groups is 1. The summed E-state index contributed by atoms with van der Waals surface area (Å²) in [5.74, 6) is 6.47. The number of guanidine groups is 1. The van der Waals surface area contributed by atoms with E-state index in [0.717, 1.165) is 58.0 Å². The Morgan fingerprint density at radius 3 is 2.89 bits per heavy atom. The zero-order valence-corrected chi connectivity index (χ0v) is 12.6. The molecule has 1 unspecified atom stereocenters. The average Bonchev–Trinajstić information content (AvgIpc) is 2.60. The van der Waals surface area contributed by atoms with Crippen LogP contribution in [0.1, 0.15) is 26.2 Å². The fourth-order valence-corrected chi connectivity index (χ4v) is 2.48. The second kappa shape index (κ2) is 9.12. The zero-order valence-electron chi connectivity index (χ0n) is 12.6. The molecule has 112 valence electrons. The summed E-state index contributed by atoms with van der Waals surface area (Å²) in [6.45, 7) is 6.91. The highest BCUT2D eigenvalue weighted by Gasteiger charge is 2.24. The van der Waals surface area contributed by atoms with Crippen molar-refractivity contribution < 1.29 is 4.74 Å². The van der Waals surface area contributed by atoms with E-state index in [-0.39, 0.29) is 0 Å². The summed E-state index contributed by atoms with van der Waals surface area (Å²) in [6, 6.07) is 0.477. The number of rotatable bonds is 5. The first-order chi connectivity index (χ1) is 9.22. The maximum Gasteiger partial charge on any atom is 0.208 e. The molecule has 0 aromatic heterocycles. The lowest BCUT2D eigenvalue weighted by atomic mass is 10.2. The van der Waals surface area contributed by atoms with E-state index >= 15 is 0 Å².